The minimum Gasteiger partial charge on any atom is -0.491 e. The molecule has 4 heterocycles. The van der Waals surface area contributed by atoms with Crippen LogP contribution in [0.5, 0.6) is 11.5 Å². The summed E-state index contributed by atoms with van der Waals surface area (Å²) in [7, 11) is 1.52. The molecule has 1 aromatic carbocycles. The lowest BCUT2D eigenvalue weighted by atomic mass is 10.2. The maximum atomic E-state index is 12.8. The van der Waals surface area contributed by atoms with Crippen molar-refractivity contribution >= 4 is 28.5 Å². The lowest BCUT2D eigenvalue weighted by Gasteiger charge is -2.29. The van der Waals surface area contributed by atoms with Crippen LogP contribution in [-0.4, -0.2) is 87.6 Å². The number of benzene rings is 1. The van der Waals surface area contributed by atoms with Crippen molar-refractivity contribution < 1.29 is 28.9 Å². The lowest BCUT2D eigenvalue weighted by molar-refractivity contribution is -0.183. The molecule has 2 N–H and O–H groups in total. The highest BCUT2D eigenvalue weighted by molar-refractivity contribution is 5.96. The molecule has 1 fully saturated rings. The normalized spacial score (nSPS) is 17.6. The number of anilines is 1. The third-order valence-corrected chi connectivity index (χ3v) is 6.12. The number of nitrogens with zero attached hydrogens (tertiary/aromatic N) is 6. The molecule has 0 aliphatic carbocycles. The van der Waals surface area contributed by atoms with E-state index in [9.17, 15) is 14.7 Å². The van der Waals surface area contributed by atoms with Crippen LogP contribution in [0.3, 0.4) is 0 Å². The van der Waals surface area contributed by atoms with E-state index in [4.69, 9.17) is 14.2 Å². The Morgan fingerprint density at radius 2 is 2.11 bits per heavy atom. The molecule has 0 saturated carbocycles. The molecule has 1 atom stereocenters. The molecule has 2 amide bonds. The van der Waals surface area contributed by atoms with E-state index in [-0.39, 0.29) is 11.2 Å². The van der Waals surface area contributed by atoms with Gasteiger partial charge in [-0.05, 0) is 25.5 Å². The number of methoxy groups -OCH3 is 1. The van der Waals surface area contributed by atoms with Gasteiger partial charge in [-0.1, -0.05) is 0 Å². The third-order valence-electron chi connectivity index (χ3n) is 6.12. The van der Waals surface area contributed by atoms with Crippen LogP contribution in [0.1, 0.15) is 22.6 Å². The summed E-state index contributed by atoms with van der Waals surface area (Å²) in [6.45, 7) is 4.46. The van der Waals surface area contributed by atoms with Crippen LogP contribution in [0.15, 0.2) is 29.5 Å². The zero-order chi connectivity index (χ0) is 25.9. The number of hydrogen-bond donors (Lipinski definition) is 2. The van der Waals surface area contributed by atoms with Crippen LogP contribution >= 0.6 is 0 Å². The van der Waals surface area contributed by atoms with Crippen LogP contribution in [0, 0.1) is 6.92 Å². The van der Waals surface area contributed by atoms with Crippen molar-refractivity contribution in [2.75, 3.05) is 45.3 Å². The van der Waals surface area contributed by atoms with Crippen LogP contribution in [0.25, 0.3) is 10.9 Å². The van der Waals surface area contributed by atoms with Crippen molar-refractivity contribution in [2.45, 2.75) is 26.2 Å². The van der Waals surface area contributed by atoms with Gasteiger partial charge in [-0.3, -0.25) is 14.2 Å². The van der Waals surface area contributed by atoms with Crippen molar-refractivity contribution in [1.82, 2.24) is 24.4 Å². The molecule has 2 aliphatic rings. The van der Waals surface area contributed by atoms with E-state index < -0.39 is 18.1 Å². The first-order valence-electron chi connectivity index (χ1n) is 11.9. The molecule has 1 unspecified atom stereocenters. The number of amides is 2. The Balaban J connectivity index is 1.41. The van der Waals surface area contributed by atoms with Gasteiger partial charge in [-0.25, -0.2) is 15.0 Å². The number of ether oxygens (including phenoxy) is 3. The summed E-state index contributed by atoms with van der Waals surface area (Å²) in [5.41, 5.74) is 1.000. The molecule has 13 nitrogen and oxygen atoms in total. The number of morpholine rings is 1. The Bertz CT molecular complexity index is 1410. The van der Waals surface area contributed by atoms with Crippen molar-refractivity contribution in [2.24, 2.45) is 4.99 Å². The molecule has 0 bridgehead atoms. The van der Waals surface area contributed by atoms with Crippen LogP contribution in [0.4, 0.5) is 5.82 Å². The molecule has 5 rings (SSSR count). The van der Waals surface area contributed by atoms with E-state index >= 15 is 0 Å². The number of hydrogen-bond acceptors (Lipinski definition) is 10. The number of carbonyl (C=O) groups is 2. The number of aryl methyl sites for hydroxylation is 1. The first-order chi connectivity index (χ1) is 18.0. The highest BCUT2D eigenvalue weighted by Gasteiger charge is 2.27. The third kappa shape index (κ3) is 4.95. The van der Waals surface area contributed by atoms with Crippen LogP contribution in [-0.2, 0) is 16.1 Å². The highest BCUT2D eigenvalue weighted by Crippen LogP contribution is 2.37. The number of rotatable bonds is 7. The minimum absolute atomic E-state index is 0.234. The Morgan fingerprint density at radius 1 is 1.30 bits per heavy atom. The molecule has 1 saturated heterocycles. The zero-order valence-electron chi connectivity index (χ0n) is 20.5. The average molecular weight is 510 g/mol. The van der Waals surface area contributed by atoms with Crippen molar-refractivity contribution in [1.29, 1.82) is 0 Å². The summed E-state index contributed by atoms with van der Waals surface area (Å²) in [5.74, 6) is 1.29. The van der Waals surface area contributed by atoms with Crippen molar-refractivity contribution in [3.05, 3.63) is 41.5 Å². The van der Waals surface area contributed by atoms with Crippen LogP contribution in [0.2, 0.25) is 0 Å². The Labute approximate surface area is 211 Å². The first-order valence-corrected chi connectivity index (χ1v) is 11.9. The second kappa shape index (κ2) is 10.5. The van der Waals surface area contributed by atoms with Crippen molar-refractivity contribution in [3.8, 4) is 11.5 Å². The van der Waals surface area contributed by atoms with Gasteiger partial charge in [0, 0.05) is 44.0 Å². The van der Waals surface area contributed by atoms with Gasteiger partial charge in [-0.2, -0.15) is 4.99 Å². The smallest absolute Gasteiger partial charge is 0.283 e. The van der Waals surface area contributed by atoms with Gasteiger partial charge in [0.2, 0.25) is 11.9 Å². The summed E-state index contributed by atoms with van der Waals surface area (Å²) in [6.07, 6.45) is 2.02. The maximum absolute atomic E-state index is 12.8. The Kier molecular flexibility index (Phi) is 6.97. The van der Waals surface area contributed by atoms with Gasteiger partial charge in [0.1, 0.15) is 17.2 Å². The van der Waals surface area contributed by atoms with Crippen molar-refractivity contribution in [3.63, 3.8) is 0 Å². The maximum Gasteiger partial charge on any atom is 0.283 e. The summed E-state index contributed by atoms with van der Waals surface area (Å²) < 4.78 is 18.4. The van der Waals surface area contributed by atoms with Crippen LogP contribution < -0.4 is 20.4 Å². The molecule has 2 aromatic heterocycles. The molecular weight excluding hydrogens is 482 g/mol. The monoisotopic (exact) mass is 509 g/mol. The molecule has 0 radical (unpaired) electrons. The van der Waals surface area contributed by atoms with E-state index in [2.05, 4.69) is 25.3 Å². The van der Waals surface area contributed by atoms with E-state index in [1.165, 1.54) is 19.5 Å². The molecular formula is C24H27N7O6. The minimum atomic E-state index is -1.40. The SMILES string of the molecule is COc1c(OCCCN2CCOC(O)C2=O)ccc2c3n(c(=NC(=O)c4cnc(C)nc4)nc12)CCN3. The molecule has 37 heavy (non-hydrogen) atoms. The van der Waals surface area contributed by atoms with E-state index in [1.807, 2.05) is 10.6 Å². The van der Waals surface area contributed by atoms with Gasteiger partial charge >= 0.3 is 0 Å². The average Bonchev–Trinajstić information content (AvgIpc) is 3.40. The van der Waals surface area contributed by atoms with Gasteiger partial charge in [-0.15, -0.1) is 0 Å². The number of aromatic nitrogens is 4. The number of nitrogens with one attached hydrogen (secondary N) is 1. The highest BCUT2D eigenvalue weighted by atomic mass is 16.6. The van der Waals surface area contributed by atoms with Gasteiger partial charge in [0.05, 0.1) is 25.9 Å². The molecule has 13 heteroatoms. The predicted octanol–water partition coefficient (Wildman–Crippen LogP) is 0.256. The summed E-state index contributed by atoms with van der Waals surface area (Å²) in [5, 5.41) is 13.7. The first kappa shape index (κ1) is 24.6. The van der Waals surface area contributed by atoms with Gasteiger partial charge in [0.25, 0.3) is 11.8 Å². The second-order valence-electron chi connectivity index (χ2n) is 8.52. The number of carbonyl (C=O) groups excluding carboxylic acids is 2. The molecule has 3 aromatic rings. The quantitative estimate of drug-likeness (QED) is 0.424. The fraction of sp³-hybridized carbons (Fsp3) is 0.417. The molecule has 0 spiro atoms. The second-order valence-corrected chi connectivity index (χ2v) is 8.52. The Hall–Kier alpha value is -4.10. The molecule has 2 aliphatic heterocycles. The summed E-state index contributed by atoms with van der Waals surface area (Å²) in [6, 6.07) is 3.69. The van der Waals surface area contributed by atoms with Gasteiger partial charge in [0.15, 0.2) is 11.5 Å². The largest absolute Gasteiger partial charge is 0.491 e. The number of aliphatic hydroxyl groups is 1. The van der Waals surface area contributed by atoms with E-state index in [0.29, 0.717) is 68.7 Å². The van der Waals surface area contributed by atoms with E-state index in [1.54, 1.807) is 17.9 Å². The number of fused-ring (bicyclic) bond motifs is 3. The fourth-order valence-electron chi connectivity index (χ4n) is 4.28. The standard InChI is InChI=1S/C24H27N7O6/c1-14-26-12-15(13-27-14)21(32)29-24-28-18-16(20-25-6-8-31(20)24)4-5-17(19(18)35-2)36-10-3-7-30-9-11-37-23(34)22(30)33/h4-5,12-13,23,25,34H,3,6-11H2,1-2H3. The van der Waals surface area contributed by atoms with E-state index in [0.717, 1.165) is 11.2 Å². The summed E-state index contributed by atoms with van der Waals surface area (Å²) in [4.78, 5) is 43.4. The predicted molar refractivity (Wildman–Crippen MR) is 130 cm³/mol. The number of aliphatic hydroxyl groups excluding tert-OH is 1. The zero-order valence-corrected chi connectivity index (χ0v) is 20.5. The Morgan fingerprint density at radius 3 is 2.89 bits per heavy atom. The lowest BCUT2D eigenvalue weighted by Crippen LogP contribution is -2.48. The topological polar surface area (TPSA) is 153 Å². The molecule has 194 valence electrons. The van der Waals surface area contributed by atoms with Gasteiger partial charge < -0.3 is 29.5 Å². The summed E-state index contributed by atoms with van der Waals surface area (Å²) >= 11 is 0. The fourth-order valence-corrected chi connectivity index (χ4v) is 4.28.